The van der Waals surface area contributed by atoms with Crippen LogP contribution in [-0.2, 0) is 18.4 Å². The molecule has 1 aromatic heterocycles. The predicted octanol–water partition coefficient (Wildman–Crippen LogP) is 2.65. The average molecular weight is 392 g/mol. The second kappa shape index (κ2) is 7.95. The molecule has 1 heterocycles. The molecule has 1 fully saturated rings. The third-order valence-electron chi connectivity index (χ3n) is 5.47. The van der Waals surface area contributed by atoms with Gasteiger partial charge in [0.05, 0.1) is 11.0 Å². The molecule has 2 amide bonds. The standard InChI is InChI=1S/C22H24N4O3/c1-25-18-8-4-5-9-19(18)26(22(25)29)14-20(27)23-17-12-10-15(11-13-17)21(28)24-16-6-2-3-7-16/h4-5,8-13,16H,2-3,6-7,14H2,1H3,(H,23,27)(H,24,28). The van der Waals surface area contributed by atoms with Crippen molar-refractivity contribution in [1.82, 2.24) is 14.5 Å². The Bertz CT molecular complexity index is 1110. The minimum Gasteiger partial charge on any atom is -0.349 e. The SMILES string of the molecule is Cn1c(=O)n(CC(=O)Nc2ccc(C(=O)NC3CCCC3)cc2)c2ccccc21. The number of carbonyl (C=O) groups excluding carboxylic acids is 2. The number of aryl methyl sites for hydroxylation is 1. The number of hydrogen-bond acceptors (Lipinski definition) is 3. The molecule has 1 aliphatic rings. The summed E-state index contributed by atoms with van der Waals surface area (Å²) < 4.78 is 2.98. The van der Waals surface area contributed by atoms with Crippen molar-refractivity contribution >= 4 is 28.5 Å². The summed E-state index contributed by atoms with van der Waals surface area (Å²) in [5.74, 6) is -0.385. The molecule has 0 spiro atoms. The van der Waals surface area contributed by atoms with Gasteiger partial charge < -0.3 is 10.6 Å². The van der Waals surface area contributed by atoms with E-state index in [1.54, 1.807) is 31.3 Å². The molecule has 4 rings (SSSR count). The van der Waals surface area contributed by atoms with Gasteiger partial charge >= 0.3 is 5.69 Å². The van der Waals surface area contributed by atoms with E-state index in [-0.39, 0.29) is 30.1 Å². The van der Waals surface area contributed by atoms with E-state index in [0.717, 1.165) is 31.2 Å². The van der Waals surface area contributed by atoms with E-state index >= 15 is 0 Å². The van der Waals surface area contributed by atoms with Gasteiger partial charge in [-0.2, -0.15) is 0 Å². The first-order valence-corrected chi connectivity index (χ1v) is 9.88. The lowest BCUT2D eigenvalue weighted by atomic mass is 10.1. The van der Waals surface area contributed by atoms with Crippen molar-refractivity contribution in [2.24, 2.45) is 7.05 Å². The number of nitrogens with zero attached hydrogens (tertiary/aromatic N) is 2. The smallest absolute Gasteiger partial charge is 0.329 e. The molecule has 7 nitrogen and oxygen atoms in total. The molecule has 0 bridgehead atoms. The van der Waals surface area contributed by atoms with E-state index < -0.39 is 0 Å². The van der Waals surface area contributed by atoms with Crippen LogP contribution in [0.1, 0.15) is 36.0 Å². The fourth-order valence-corrected chi connectivity index (χ4v) is 3.90. The summed E-state index contributed by atoms with van der Waals surface area (Å²) in [6.45, 7) is -0.0793. The van der Waals surface area contributed by atoms with Crippen LogP contribution in [0.2, 0.25) is 0 Å². The predicted molar refractivity (Wildman–Crippen MR) is 112 cm³/mol. The van der Waals surface area contributed by atoms with E-state index in [0.29, 0.717) is 16.8 Å². The largest absolute Gasteiger partial charge is 0.349 e. The number of nitrogens with one attached hydrogen (secondary N) is 2. The Hall–Kier alpha value is -3.35. The zero-order valence-corrected chi connectivity index (χ0v) is 16.4. The maximum absolute atomic E-state index is 12.5. The molecule has 3 aromatic rings. The van der Waals surface area contributed by atoms with E-state index in [1.165, 1.54) is 9.13 Å². The minimum absolute atomic E-state index is 0.0793. The minimum atomic E-state index is -0.299. The maximum atomic E-state index is 12.5. The molecule has 2 aromatic carbocycles. The molecule has 2 N–H and O–H groups in total. The zero-order valence-electron chi connectivity index (χ0n) is 16.4. The highest BCUT2D eigenvalue weighted by molar-refractivity contribution is 5.96. The van der Waals surface area contributed by atoms with Crippen LogP contribution in [0.5, 0.6) is 0 Å². The second-order valence-electron chi connectivity index (χ2n) is 7.50. The number of aromatic nitrogens is 2. The molecular weight excluding hydrogens is 368 g/mol. The van der Waals surface area contributed by atoms with Crippen molar-refractivity contribution in [2.75, 3.05) is 5.32 Å². The summed E-state index contributed by atoms with van der Waals surface area (Å²) in [5.41, 5.74) is 2.41. The summed E-state index contributed by atoms with van der Waals surface area (Å²) in [6.07, 6.45) is 4.40. The number of benzene rings is 2. The van der Waals surface area contributed by atoms with Gasteiger partial charge in [0, 0.05) is 24.3 Å². The van der Waals surface area contributed by atoms with Gasteiger partial charge in [-0.1, -0.05) is 25.0 Å². The van der Waals surface area contributed by atoms with Crippen LogP contribution in [0.25, 0.3) is 11.0 Å². The summed E-state index contributed by atoms with van der Waals surface area (Å²) >= 11 is 0. The van der Waals surface area contributed by atoms with Crippen LogP contribution in [0, 0.1) is 0 Å². The average Bonchev–Trinajstić information content (AvgIpc) is 3.31. The number of amides is 2. The number of rotatable bonds is 5. The van der Waals surface area contributed by atoms with Crippen molar-refractivity contribution in [2.45, 2.75) is 38.3 Å². The summed E-state index contributed by atoms with van der Waals surface area (Å²) in [5, 5.41) is 5.84. The maximum Gasteiger partial charge on any atom is 0.329 e. The zero-order chi connectivity index (χ0) is 20.4. The van der Waals surface area contributed by atoms with Crippen LogP contribution in [0.4, 0.5) is 5.69 Å². The number of fused-ring (bicyclic) bond motifs is 1. The molecular formula is C22H24N4O3. The molecule has 0 aliphatic heterocycles. The lowest BCUT2D eigenvalue weighted by Gasteiger charge is -2.12. The van der Waals surface area contributed by atoms with Crippen molar-refractivity contribution in [1.29, 1.82) is 0 Å². The lowest BCUT2D eigenvalue weighted by molar-refractivity contribution is -0.116. The molecule has 0 radical (unpaired) electrons. The van der Waals surface area contributed by atoms with Gasteiger partial charge in [0.1, 0.15) is 6.54 Å². The van der Waals surface area contributed by atoms with Gasteiger partial charge in [0.2, 0.25) is 5.91 Å². The summed E-state index contributed by atoms with van der Waals surface area (Å²) in [4.78, 5) is 37.2. The Balaban J connectivity index is 1.42. The summed E-state index contributed by atoms with van der Waals surface area (Å²) in [6, 6.07) is 14.4. The number of para-hydroxylation sites is 2. The van der Waals surface area contributed by atoms with Gasteiger partial charge in [-0.15, -0.1) is 0 Å². The van der Waals surface area contributed by atoms with Crippen LogP contribution >= 0.6 is 0 Å². The molecule has 1 aliphatic carbocycles. The van der Waals surface area contributed by atoms with Gasteiger partial charge in [-0.25, -0.2) is 4.79 Å². The van der Waals surface area contributed by atoms with E-state index in [2.05, 4.69) is 10.6 Å². The van der Waals surface area contributed by atoms with Crippen LogP contribution < -0.4 is 16.3 Å². The Morgan fingerprint density at radius 1 is 1.00 bits per heavy atom. The van der Waals surface area contributed by atoms with E-state index in [4.69, 9.17) is 0 Å². The molecule has 7 heteroatoms. The number of anilines is 1. The molecule has 1 saturated carbocycles. The normalized spacial score (nSPS) is 14.2. The first-order valence-electron chi connectivity index (χ1n) is 9.88. The molecule has 0 saturated heterocycles. The highest BCUT2D eigenvalue weighted by Crippen LogP contribution is 2.18. The van der Waals surface area contributed by atoms with Crippen LogP contribution in [0.15, 0.2) is 53.3 Å². The topological polar surface area (TPSA) is 85.1 Å². The Kier molecular flexibility index (Phi) is 5.20. The number of imidazole rings is 1. The fraction of sp³-hybridized carbons (Fsp3) is 0.318. The van der Waals surface area contributed by atoms with E-state index in [9.17, 15) is 14.4 Å². The lowest BCUT2D eigenvalue weighted by Crippen LogP contribution is -2.32. The molecule has 150 valence electrons. The second-order valence-corrected chi connectivity index (χ2v) is 7.50. The summed E-state index contributed by atoms with van der Waals surface area (Å²) in [7, 11) is 1.69. The molecule has 0 atom stereocenters. The quantitative estimate of drug-likeness (QED) is 0.700. The van der Waals surface area contributed by atoms with Gasteiger partial charge in [0.25, 0.3) is 5.91 Å². The van der Waals surface area contributed by atoms with Gasteiger partial charge in [-0.05, 0) is 49.2 Å². The highest BCUT2D eigenvalue weighted by atomic mass is 16.2. The third kappa shape index (κ3) is 3.94. The van der Waals surface area contributed by atoms with Gasteiger partial charge in [0.15, 0.2) is 0 Å². The van der Waals surface area contributed by atoms with Crippen LogP contribution in [-0.4, -0.2) is 27.0 Å². The van der Waals surface area contributed by atoms with E-state index in [1.807, 2.05) is 24.3 Å². The number of hydrogen-bond donors (Lipinski definition) is 2. The fourth-order valence-electron chi connectivity index (χ4n) is 3.90. The number of carbonyl (C=O) groups is 2. The van der Waals surface area contributed by atoms with Crippen molar-refractivity contribution in [3.8, 4) is 0 Å². The monoisotopic (exact) mass is 392 g/mol. The van der Waals surface area contributed by atoms with Gasteiger partial charge in [-0.3, -0.25) is 18.7 Å². The highest BCUT2D eigenvalue weighted by Gasteiger charge is 2.18. The van der Waals surface area contributed by atoms with Crippen molar-refractivity contribution in [3.05, 3.63) is 64.6 Å². The Morgan fingerprint density at radius 3 is 2.34 bits per heavy atom. The first-order chi connectivity index (χ1) is 14.0. The Labute approximate surface area is 168 Å². The first kappa shape index (κ1) is 19.0. The third-order valence-corrected chi connectivity index (χ3v) is 5.47. The Morgan fingerprint density at radius 2 is 1.66 bits per heavy atom. The molecule has 0 unspecified atom stereocenters. The molecule has 29 heavy (non-hydrogen) atoms. The van der Waals surface area contributed by atoms with Crippen molar-refractivity contribution in [3.63, 3.8) is 0 Å². The van der Waals surface area contributed by atoms with Crippen molar-refractivity contribution < 1.29 is 9.59 Å². The van der Waals surface area contributed by atoms with Crippen LogP contribution in [0.3, 0.4) is 0 Å².